The van der Waals surface area contributed by atoms with Crippen LogP contribution in [0.5, 0.6) is 0 Å². The quantitative estimate of drug-likeness (QED) is 0.619. The molecule has 0 saturated carbocycles. The van der Waals surface area contributed by atoms with Crippen molar-refractivity contribution in [3.05, 3.63) is 29.9 Å². The zero-order chi connectivity index (χ0) is 12.3. The minimum atomic E-state index is 0.0112. The lowest BCUT2D eigenvalue weighted by Crippen LogP contribution is -2.28. The average molecular weight is 251 g/mol. The van der Waals surface area contributed by atoms with Gasteiger partial charge in [0.2, 0.25) is 0 Å². The second-order valence-electron chi connectivity index (χ2n) is 3.45. The molecular formula is C11H13N3O2S. The van der Waals surface area contributed by atoms with Crippen molar-refractivity contribution in [2.45, 2.75) is 0 Å². The first kappa shape index (κ1) is 11.8. The first-order chi connectivity index (χ1) is 8.31. The third-order valence-electron chi connectivity index (χ3n) is 2.41. The number of anilines is 1. The maximum atomic E-state index is 11.1. The van der Waals surface area contributed by atoms with Gasteiger partial charge in [0.15, 0.2) is 17.1 Å². The molecule has 0 aliphatic carbocycles. The summed E-state index contributed by atoms with van der Waals surface area (Å²) in [4.78, 5) is 18.1. The number of hydrogen-bond acceptors (Lipinski definition) is 5. The van der Waals surface area contributed by atoms with Gasteiger partial charge >= 0.3 is 0 Å². The van der Waals surface area contributed by atoms with Crippen molar-refractivity contribution in [2.75, 3.05) is 24.6 Å². The number of aliphatic hydroxyl groups is 1. The molecule has 6 heteroatoms. The lowest BCUT2D eigenvalue weighted by atomic mass is 10.4. The predicted molar refractivity (Wildman–Crippen MR) is 68.0 cm³/mol. The molecule has 0 saturated heterocycles. The minimum absolute atomic E-state index is 0.0112. The van der Waals surface area contributed by atoms with Gasteiger partial charge in [0.1, 0.15) is 5.69 Å². The van der Waals surface area contributed by atoms with Crippen molar-refractivity contribution in [3.8, 4) is 0 Å². The van der Waals surface area contributed by atoms with Crippen LogP contribution in [0.25, 0.3) is 4.96 Å². The van der Waals surface area contributed by atoms with Crippen LogP contribution in [0.3, 0.4) is 0 Å². The number of aromatic nitrogens is 2. The third kappa shape index (κ3) is 2.09. The fourth-order valence-corrected chi connectivity index (χ4v) is 2.41. The van der Waals surface area contributed by atoms with Crippen molar-refractivity contribution in [3.63, 3.8) is 0 Å². The van der Waals surface area contributed by atoms with Gasteiger partial charge in [-0.3, -0.25) is 9.20 Å². The van der Waals surface area contributed by atoms with Gasteiger partial charge < -0.3 is 10.0 Å². The molecule has 17 heavy (non-hydrogen) atoms. The number of hydrogen-bond donors (Lipinski definition) is 1. The molecular weight excluding hydrogens is 238 g/mol. The highest BCUT2D eigenvalue weighted by Gasteiger charge is 2.17. The third-order valence-corrected chi connectivity index (χ3v) is 3.17. The minimum Gasteiger partial charge on any atom is -0.395 e. The van der Waals surface area contributed by atoms with Crippen LogP contribution in [0.4, 0.5) is 5.82 Å². The smallest absolute Gasteiger partial charge is 0.196 e. The maximum Gasteiger partial charge on any atom is 0.196 e. The molecule has 2 aromatic heterocycles. The Morgan fingerprint density at radius 2 is 2.47 bits per heavy atom. The molecule has 1 N–H and O–H groups in total. The predicted octanol–water partition coefficient (Wildman–Crippen LogP) is 1.19. The summed E-state index contributed by atoms with van der Waals surface area (Å²) < 4.78 is 1.75. The van der Waals surface area contributed by atoms with E-state index in [-0.39, 0.29) is 6.61 Å². The Labute approximate surface area is 103 Å². The van der Waals surface area contributed by atoms with Crippen LogP contribution in [0.1, 0.15) is 10.5 Å². The molecule has 0 unspecified atom stereocenters. The molecule has 2 rings (SSSR count). The van der Waals surface area contributed by atoms with Crippen LogP contribution >= 0.6 is 11.3 Å². The Morgan fingerprint density at radius 3 is 3.12 bits per heavy atom. The number of nitrogens with zero attached hydrogens (tertiary/aromatic N) is 3. The highest BCUT2D eigenvalue weighted by Crippen LogP contribution is 2.23. The van der Waals surface area contributed by atoms with Gasteiger partial charge in [-0.05, 0) is 0 Å². The van der Waals surface area contributed by atoms with Gasteiger partial charge in [0, 0.05) is 24.7 Å². The zero-order valence-corrected chi connectivity index (χ0v) is 10.1. The molecule has 0 bridgehead atoms. The molecule has 0 fully saturated rings. The molecule has 0 aromatic carbocycles. The molecule has 5 nitrogen and oxygen atoms in total. The van der Waals surface area contributed by atoms with E-state index in [4.69, 9.17) is 5.11 Å². The Morgan fingerprint density at radius 1 is 1.65 bits per heavy atom. The molecule has 0 atom stereocenters. The van der Waals surface area contributed by atoms with E-state index in [1.807, 2.05) is 16.5 Å². The van der Waals surface area contributed by atoms with Gasteiger partial charge in [-0.1, -0.05) is 6.08 Å². The van der Waals surface area contributed by atoms with Crippen LogP contribution < -0.4 is 4.90 Å². The summed E-state index contributed by atoms with van der Waals surface area (Å²) in [5.74, 6) is 0.598. The lowest BCUT2D eigenvalue weighted by Gasteiger charge is -2.19. The van der Waals surface area contributed by atoms with Crippen LogP contribution in [0.2, 0.25) is 0 Å². The van der Waals surface area contributed by atoms with E-state index in [0.717, 1.165) is 11.2 Å². The van der Waals surface area contributed by atoms with E-state index in [1.54, 1.807) is 10.5 Å². The number of rotatable bonds is 6. The number of fused-ring (bicyclic) bond motifs is 1. The maximum absolute atomic E-state index is 11.1. The van der Waals surface area contributed by atoms with Crippen molar-refractivity contribution in [1.82, 2.24) is 9.38 Å². The van der Waals surface area contributed by atoms with Gasteiger partial charge in [-0.2, -0.15) is 0 Å². The van der Waals surface area contributed by atoms with Crippen LogP contribution in [-0.4, -0.2) is 40.5 Å². The lowest BCUT2D eigenvalue weighted by molar-refractivity contribution is 0.111. The van der Waals surface area contributed by atoms with Crippen molar-refractivity contribution in [2.24, 2.45) is 0 Å². The van der Waals surface area contributed by atoms with Crippen molar-refractivity contribution < 1.29 is 9.90 Å². The molecule has 0 spiro atoms. The fraction of sp³-hybridized carbons (Fsp3) is 0.273. The SMILES string of the molecule is C=CCN(CCO)c1nc2sccn2c1C=O. The van der Waals surface area contributed by atoms with E-state index in [9.17, 15) is 4.79 Å². The largest absolute Gasteiger partial charge is 0.395 e. The van der Waals surface area contributed by atoms with Crippen molar-refractivity contribution >= 4 is 28.4 Å². The van der Waals surface area contributed by atoms with Crippen LogP contribution in [0, 0.1) is 0 Å². The monoisotopic (exact) mass is 251 g/mol. The second kappa shape index (κ2) is 5.11. The van der Waals surface area contributed by atoms with Crippen molar-refractivity contribution in [1.29, 1.82) is 0 Å². The summed E-state index contributed by atoms with van der Waals surface area (Å²) in [6.45, 7) is 4.65. The second-order valence-corrected chi connectivity index (χ2v) is 4.33. The molecule has 90 valence electrons. The number of aldehydes is 1. The number of aliphatic hydroxyl groups excluding tert-OH is 1. The molecule has 2 aromatic rings. The van der Waals surface area contributed by atoms with Gasteiger partial charge in [-0.15, -0.1) is 17.9 Å². The van der Waals surface area contributed by atoms with E-state index in [1.165, 1.54) is 11.3 Å². The molecule has 0 aliphatic rings. The van der Waals surface area contributed by atoms with E-state index >= 15 is 0 Å². The van der Waals surface area contributed by atoms with Gasteiger partial charge in [-0.25, -0.2) is 4.98 Å². The first-order valence-electron chi connectivity index (χ1n) is 5.19. The summed E-state index contributed by atoms with van der Waals surface area (Å²) in [6, 6.07) is 0. The van der Waals surface area contributed by atoms with Crippen LogP contribution in [0.15, 0.2) is 24.2 Å². The molecule has 0 aliphatic heterocycles. The Kier molecular flexibility index (Phi) is 3.55. The number of carbonyl (C=O) groups excluding carboxylic acids is 1. The highest BCUT2D eigenvalue weighted by molar-refractivity contribution is 7.15. The summed E-state index contributed by atoms with van der Waals surface area (Å²) >= 11 is 1.47. The number of imidazole rings is 1. The summed E-state index contributed by atoms with van der Waals surface area (Å²) in [5, 5.41) is 10.9. The van der Waals surface area contributed by atoms with E-state index < -0.39 is 0 Å². The van der Waals surface area contributed by atoms with E-state index in [0.29, 0.717) is 24.6 Å². The zero-order valence-electron chi connectivity index (χ0n) is 9.24. The topological polar surface area (TPSA) is 57.8 Å². The Bertz CT molecular complexity index is 532. The molecule has 0 radical (unpaired) electrons. The highest BCUT2D eigenvalue weighted by atomic mass is 32.1. The summed E-state index contributed by atoms with van der Waals surface area (Å²) in [7, 11) is 0. The fourth-order valence-electron chi connectivity index (χ4n) is 1.69. The standard InChI is InChI=1S/C11H13N3O2S/c1-2-3-13(4-6-15)10-9(8-16)14-5-7-17-11(14)12-10/h2,5,7-8,15H,1,3-4,6H2. The number of carbonyl (C=O) groups is 1. The molecule has 2 heterocycles. The summed E-state index contributed by atoms with van der Waals surface area (Å²) in [6.07, 6.45) is 4.32. The van der Waals surface area contributed by atoms with Crippen LogP contribution in [-0.2, 0) is 0 Å². The first-order valence-corrected chi connectivity index (χ1v) is 6.07. The van der Waals surface area contributed by atoms with Gasteiger partial charge in [0.05, 0.1) is 6.61 Å². The summed E-state index contributed by atoms with van der Waals surface area (Å²) in [5.41, 5.74) is 0.511. The normalized spacial score (nSPS) is 10.6. The van der Waals surface area contributed by atoms with E-state index in [2.05, 4.69) is 11.6 Å². The molecule has 0 amide bonds. The number of thiazole rings is 1. The Balaban J connectivity index is 2.46. The Hall–Kier alpha value is -1.66. The van der Waals surface area contributed by atoms with Gasteiger partial charge in [0.25, 0.3) is 0 Å². The average Bonchev–Trinajstić information content (AvgIpc) is 2.87.